The maximum absolute atomic E-state index is 11.3. The first kappa shape index (κ1) is 18.9. The Labute approximate surface area is 161 Å². The van der Waals surface area contributed by atoms with Crippen molar-refractivity contribution < 1.29 is 14.9 Å². The summed E-state index contributed by atoms with van der Waals surface area (Å²) in [6, 6.07) is 13.2. The summed E-state index contributed by atoms with van der Waals surface area (Å²) < 4.78 is 4.93. The molecule has 0 aromatic heterocycles. The molecule has 1 heterocycles. The molecule has 1 aliphatic heterocycles. The largest absolute Gasteiger partial charge is 0.496 e. The molecule has 1 unspecified atom stereocenters. The van der Waals surface area contributed by atoms with Crippen molar-refractivity contribution in [3.63, 3.8) is 0 Å². The molecule has 2 aromatic rings. The molecule has 2 aromatic carbocycles. The Morgan fingerprint density at radius 3 is 2.44 bits per heavy atom. The molecule has 3 nitrogen and oxygen atoms in total. The first-order valence-corrected chi connectivity index (χ1v) is 10.5. The zero-order valence-electron chi connectivity index (χ0n) is 13.9. The minimum Gasteiger partial charge on any atom is -0.496 e. The lowest BCUT2D eigenvalue weighted by molar-refractivity contribution is 0.163. The predicted molar refractivity (Wildman–Crippen MR) is 107 cm³/mol. The van der Waals surface area contributed by atoms with Crippen molar-refractivity contribution in [3.8, 4) is 5.75 Å². The summed E-state index contributed by atoms with van der Waals surface area (Å²) in [6.45, 7) is -0.0729. The minimum absolute atomic E-state index is 0.0729. The van der Waals surface area contributed by atoms with Crippen molar-refractivity contribution in [2.24, 2.45) is 0 Å². The number of ether oxygens (including phenoxy) is 1. The van der Waals surface area contributed by atoms with Crippen LogP contribution in [0.25, 0.3) is 0 Å². The number of hydrogen-bond acceptors (Lipinski definition) is 5. The Balaban J connectivity index is 2.05. The van der Waals surface area contributed by atoms with Gasteiger partial charge in [0.2, 0.25) is 0 Å². The van der Waals surface area contributed by atoms with E-state index in [9.17, 15) is 10.2 Å². The number of thioether (sulfide) groups is 2. The highest BCUT2D eigenvalue weighted by atomic mass is 35.5. The van der Waals surface area contributed by atoms with Crippen LogP contribution in [0.5, 0.6) is 5.75 Å². The van der Waals surface area contributed by atoms with Crippen LogP contribution in [0.1, 0.15) is 29.2 Å². The Morgan fingerprint density at radius 2 is 1.84 bits per heavy atom. The normalized spacial score (nSPS) is 17.9. The topological polar surface area (TPSA) is 49.7 Å². The lowest BCUT2D eigenvalue weighted by Gasteiger charge is -2.40. The number of methoxy groups -OCH3 is 1. The number of aliphatic hydroxyl groups excluding tert-OH is 2. The SMILES string of the molecule is COc1cc(C2(C(O)c3ccc(Cl)cc3)SCCCS2)ccc1CO. The summed E-state index contributed by atoms with van der Waals surface area (Å²) in [5, 5.41) is 21.4. The number of hydrogen-bond donors (Lipinski definition) is 2. The van der Waals surface area contributed by atoms with Crippen LogP contribution in [0.15, 0.2) is 42.5 Å². The third kappa shape index (κ3) is 3.81. The fourth-order valence-electron chi connectivity index (χ4n) is 2.99. The highest BCUT2D eigenvalue weighted by Gasteiger charge is 2.43. The monoisotopic (exact) mass is 396 g/mol. The second-order valence-electron chi connectivity index (χ2n) is 5.86. The van der Waals surface area contributed by atoms with Gasteiger partial charge in [0, 0.05) is 10.6 Å². The van der Waals surface area contributed by atoms with Crippen LogP contribution < -0.4 is 4.74 Å². The van der Waals surface area contributed by atoms with Gasteiger partial charge < -0.3 is 14.9 Å². The zero-order chi connectivity index (χ0) is 17.9. The summed E-state index contributed by atoms with van der Waals surface area (Å²) in [4.78, 5) is 0. The molecular formula is C19H21ClO3S2. The fourth-order valence-corrected chi connectivity index (χ4v) is 6.49. The second kappa shape index (κ2) is 8.23. The lowest BCUT2D eigenvalue weighted by atomic mass is 9.98. The summed E-state index contributed by atoms with van der Waals surface area (Å²) in [5.41, 5.74) is 2.59. The highest BCUT2D eigenvalue weighted by Crippen LogP contribution is 2.58. The van der Waals surface area contributed by atoms with E-state index in [4.69, 9.17) is 16.3 Å². The molecule has 0 radical (unpaired) electrons. The van der Waals surface area contributed by atoms with Gasteiger partial charge in [-0.15, -0.1) is 23.5 Å². The van der Waals surface area contributed by atoms with Crippen molar-refractivity contribution >= 4 is 35.1 Å². The molecule has 3 rings (SSSR count). The van der Waals surface area contributed by atoms with Crippen molar-refractivity contribution in [2.75, 3.05) is 18.6 Å². The molecule has 0 spiro atoms. The average Bonchev–Trinajstić information content (AvgIpc) is 2.68. The number of benzene rings is 2. The first-order valence-electron chi connectivity index (χ1n) is 8.10. The van der Waals surface area contributed by atoms with Gasteiger partial charge in [0.1, 0.15) is 15.9 Å². The molecule has 1 atom stereocenters. The van der Waals surface area contributed by atoms with E-state index >= 15 is 0 Å². The van der Waals surface area contributed by atoms with Crippen molar-refractivity contribution in [2.45, 2.75) is 23.2 Å². The molecular weight excluding hydrogens is 376 g/mol. The molecule has 25 heavy (non-hydrogen) atoms. The maximum atomic E-state index is 11.3. The highest BCUT2D eigenvalue weighted by molar-refractivity contribution is 8.18. The summed E-state index contributed by atoms with van der Waals surface area (Å²) >= 11 is 9.53. The van der Waals surface area contributed by atoms with E-state index in [2.05, 4.69) is 0 Å². The molecule has 0 saturated carbocycles. The maximum Gasteiger partial charge on any atom is 0.124 e. The molecule has 0 amide bonds. The minimum atomic E-state index is -0.676. The Hall–Kier alpha value is -0.850. The quantitative estimate of drug-likeness (QED) is 0.773. The van der Waals surface area contributed by atoms with Crippen molar-refractivity contribution in [1.82, 2.24) is 0 Å². The zero-order valence-corrected chi connectivity index (χ0v) is 16.3. The molecule has 1 aliphatic rings. The summed E-state index contributed by atoms with van der Waals surface area (Å²) in [5.74, 6) is 2.62. The van der Waals surface area contributed by atoms with Crippen molar-refractivity contribution in [1.29, 1.82) is 0 Å². The average molecular weight is 397 g/mol. The van der Waals surface area contributed by atoms with Crippen LogP contribution in [0.2, 0.25) is 5.02 Å². The fraction of sp³-hybridized carbons (Fsp3) is 0.368. The van der Waals surface area contributed by atoms with Gasteiger partial charge >= 0.3 is 0 Å². The van der Waals surface area contributed by atoms with Gasteiger partial charge in [-0.2, -0.15) is 0 Å². The Kier molecular flexibility index (Phi) is 6.23. The Morgan fingerprint density at radius 1 is 1.16 bits per heavy atom. The van der Waals surface area contributed by atoms with Gasteiger partial charge in [-0.05, 0) is 47.3 Å². The summed E-state index contributed by atoms with van der Waals surface area (Å²) in [7, 11) is 1.60. The van der Waals surface area contributed by atoms with Crippen LogP contribution in [-0.2, 0) is 10.7 Å². The molecule has 134 valence electrons. The molecule has 2 N–H and O–H groups in total. The molecule has 1 saturated heterocycles. The van der Waals surface area contributed by atoms with E-state index < -0.39 is 10.2 Å². The molecule has 6 heteroatoms. The van der Waals surface area contributed by atoms with E-state index in [0.717, 1.165) is 34.6 Å². The number of aliphatic hydroxyl groups is 2. The summed E-state index contributed by atoms with van der Waals surface area (Å²) in [6.07, 6.45) is 0.445. The van der Waals surface area contributed by atoms with E-state index in [0.29, 0.717) is 10.8 Å². The third-order valence-electron chi connectivity index (χ3n) is 4.33. The van der Waals surface area contributed by atoms with Gasteiger partial charge in [0.25, 0.3) is 0 Å². The number of halogens is 1. The van der Waals surface area contributed by atoms with Gasteiger partial charge in [-0.1, -0.05) is 35.9 Å². The van der Waals surface area contributed by atoms with Crippen LogP contribution in [0.4, 0.5) is 0 Å². The molecule has 0 aliphatic carbocycles. The standard InChI is InChI=1S/C19H21ClO3S2/c1-23-17-11-15(6-3-14(17)12-21)19(24-9-2-10-25-19)18(22)13-4-7-16(20)8-5-13/h3-8,11,18,21-22H,2,9-10,12H2,1H3. The molecule has 0 bridgehead atoms. The van der Waals surface area contributed by atoms with Crippen LogP contribution in [0.3, 0.4) is 0 Å². The van der Waals surface area contributed by atoms with Crippen LogP contribution in [-0.4, -0.2) is 28.8 Å². The third-order valence-corrected chi connectivity index (χ3v) is 8.05. The van der Waals surface area contributed by atoms with E-state index in [-0.39, 0.29) is 6.61 Å². The smallest absolute Gasteiger partial charge is 0.124 e. The molecule has 1 fully saturated rings. The lowest BCUT2D eigenvalue weighted by Crippen LogP contribution is -2.30. The number of rotatable bonds is 5. The van der Waals surface area contributed by atoms with Crippen LogP contribution in [0, 0.1) is 0 Å². The van der Waals surface area contributed by atoms with Gasteiger partial charge in [0.15, 0.2) is 0 Å². The predicted octanol–water partition coefficient (Wildman–Crippen LogP) is 4.60. The van der Waals surface area contributed by atoms with Gasteiger partial charge in [0.05, 0.1) is 13.7 Å². The van der Waals surface area contributed by atoms with E-state index in [1.807, 2.05) is 30.3 Å². The van der Waals surface area contributed by atoms with Gasteiger partial charge in [-0.3, -0.25) is 0 Å². The van der Waals surface area contributed by atoms with Gasteiger partial charge in [-0.25, -0.2) is 0 Å². The van der Waals surface area contributed by atoms with Crippen molar-refractivity contribution in [3.05, 3.63) is 64.2 Å². The van der Waals surface area contributed by atoms with E-state index in [1.165, 1.54) is 0 Å². The second-order valence-corrected chi connectivity index (χ2v) is 9.23. The Bertz CT molecular complexity index is 715. The first-order chi connectivity index (χ1) is 12.1. The van der Waals surface area contributed by atoms with E-state index in [1.54, 1.807) is 42.8 Å². The van der Waals surface area contributed by atoms with Crippen LogP contribution >= 0.6 is 35.1 Å².